The Kier molecular flexibility index (Phi) is 9.82. The van der Waals surface area contributed by atoms with E-state index in [4.69, 9.17) is 14.6 Å². The van der Waals surface area contributed by atoms with Crippen LogP contribution in [0.1, 0.15) is 45.1 Å². The molecule has 33 heavy (non-hydrogen) atoms. The summed E-state index contributed by atoms with van der Waals surface area (Å²) < 4.78 is 37.5. The van der Waals surface area contributed by atoms with Crippen LogP contribution in [-0.4, -0.2) is 60.5 Å². The first-order valence-electron chi connectivity index (χ1n) is 11.3. The highest BCUT2D eigenvalue weighted by atomic mass is 19.4. The van der Waals surface area contributed by atoms with Crippen LogP contribution in [0.3, 0.4) is 0 Å². The third kappa shape index (κ3) is 8.75. The van der Waals surface area contributed by atoms with Gasteiger partial charge in [-0.3, -0.25) is 0 Å². The Hall–Kier alpha value is -2.49. The van der Waals surface area contributed by atoms with E-state index in [1.807, 2.05) is 43.9 Å². The average Bonchev–Trinajstić information content (AvgIpc) is 2.76. The second-order valence-electron chi connectivity index (χ2n) is 8.81. The second kappa shape index (κ2) is 12.1. The van der Waals surface area contributed by atoms with Crippen molar-refractivity contribution in [2.24, 2.45) is 11.8 Å². The summed E-state index contributed by atoms with van der Waals surface area (Å²) in [4.78, 5) is 23.5. The number of amides is 2. The van der Waals surface area contributed by atoms with E-state index in [9.17, 15) is 18.0 Å². The van der Waals surface area contributed by atoms with Crippen LogP contribution in [0.4, 0.5) is 23.7 Å². The van der Waals surface area contributed by atoms with Crippen molar-refractivity contribution >= 4 is 17.7 Å². The van der Waals surface area contributed by atoms with E-state index >= 15 is 0 Å². The molecule has 1 unspecified atom stereocenters. The Morgan fingerprint density at radius 2 is 1.82 bits per heavy atom. The third-order valence-corrected chi connectivity index (χ3v) is 5.86. The Balaban J connectivity index is 0.000000479. The molecule has 0 saturated carbocycles. The summed E-state index contributed by atoms with van der Waals surface area (Å²) in [5.74, 6) is -0.320. The third-order valence-electron chi connectivity index (χ3n) is 5.86. The van der Waals surface area contributed by atoms with Gasteiger partial charge >= 0.3 is 18.2 Å². The van der Waals surface area contributed by atoms with Gasteiger partial charge in [0.05, 0.1) is 6.10 Å². The van der Waals surface area contributed by atoms with Crippen molar-refractivity contribution in [2.75, 3.05) is 31.5 Å². The van der Waals surface area contributed by atoms with Gasteiger partial charge < -0.3 is 25.4 Å². The smallest absolute Gasteiger partial charge is 0.490 e. The van der Waals surface area contributed by atoms with Crippen LogP contribution < -0.4 is 15.4 Å². The molecule has 0 spiro atoms. The number of hydrogen-bond donors (Lipinski definition) is 3. The van der Waals surface area contributed by atoms with E-state index in [1.54, 1.807) is 0 Å². The number of alkyl halides is 3. The fourth-order valence-electron chi connectivity index (χ4n) is 4.17. The van der Waals surface area contributed by atoms with Crippen molar-refractivity contribution < 1.29 is 32.6 Å². The monoisotopic (exact) mass is 473 g/mol. The Bertz CT molecular complexity index is 788. The minimum Gasteiger partial charge on any atom is -0.491 e. The average molecular weight is 474 g/mol. The molecule has 2 saturated heterocycles. The minimum atomic E-state index is -5.08. The normalized spacial score (nSPS) is 19.5. The second-order valence-corrected chi connectivity index (χ2v) is 8.81. The van der Waals surface area contributed by atoms with Crippen molar-refractivity contribution in [2.45, 2.75) is 58.7 Å². The van der Waals surface area contributed by atoms with Crippen LogP contribution in [0.2, 0.25) is 0 Å². The lowest BCUT2D eigenvalue weighted by Crippen LogP contribution is -2.44. The van der Waals surface area contributed by atoms with Gasteiger partial charge in [0.2, 0.25) is 0 Å². The molecular formula is C23H34F3N3O4. The number of halogens is 3. The number of nitrogens with one attached hydrogen (secondary N) is 2. The van der Waals surface area contributed by atoms with E-state index < -0.39 is 12.1 Å². The number of ether oxygens (including phenoxy) is 1. The SMILES string of the molecule is Cc1cc(NC(=O)N2CCC(C3CCCNC3)CC2)ccc1OC(C)C.O=C(O)C(F)(F)F. The highest BCUT2D eigenvalue weighted by molar-refractivity contribution is 5.89. The van der Waals surface area contributed by atoms with Gasteiger partial charge in [-0.25, -0.2) is 9.59 Å². The summed E-state index contributed by atoms with van der Waals surface area (Å²) in [5, 5.41) is 13.7. The first-order chi connectivity index (χ1) is 15.5. The lowest BCUT2D eigenvalue weighted by Gasteiger charge is -2.37. The van der Waals surface area contributed by atoms with Crippen molar-refractivity contribution in [3.8, 4) is 5.75 Å². The van der Waals surface area contributed by atoms with E-state index in [1.165, 1.54) is 12.8 Å². The molecule has 3 N–H and O–H groups in total. The molecule has 0 aromatic heterocycles. The molecule has 1 aromatic carbocycles. The summed E-state index contributed by atoms with van der Waals surface area (Å²) >= 11 is 0. The number of benzene rings is 1. The maximum atomic E-state index is 12.6. The van der Waals surface area contributed by atoms with Gasteiger partial charge in [-0.1, -0.05) is 0 Å². The molecular weight excluding hydrogens is 439 g/mol. The zero-order chi connectivity index (χ0) is 24.6. The quantitative estimate of drug-likeness (QED) is 0.592. The highest BCUT2D eigenvalue weighted by Gasteiger charge is 2.38. The molecule has 7 nitrogen and oxygen atoms in total. The highest BCUT2D eigenvalue weighted by Crippen LogP contribution is 2.30. The predicted octanol–water partition coefficient (Wildman–Crippen LogP) is 4.66. The molecule has 2 fully saturated rings. The van der Waals surface area contributed by atoms with Crippen LogP contribution in [0, 0.1) is 18.8 Å². The maximum Gasteiger partial charge on any atom is 0.490 e. The summed E-state index contributed by atoms with van der Waals surface area (Å²) in [6, 6.07) is 5.86. The summed E-state index contributed by atoms with van der Waals surface area (Å²) in [6.07, 6.45) is -0.0513. The number of carbonyl (C=O) groups is 2. The minimum absolute atomic E-state index is 0.0159. The number of urea groups is 1. The number of anilines is 1. The predicted molar refractivity (Wildman–Crippen MR) is 120 cm³/mol. The Morgan fingerprint density at radius 3 is 2.30 bits per heavy atom. The van der Waals surface area contributed by atoms with Crippen LogP contribution >= 0.6 is 0 Å². The Labute approximate surface area is 192 Å². The molecule has 1 atom stereocenters. The van der Waals surface area contributed by atoms with Crippen LogP contribution in [0.5, 0.6) is 5.75 Å². The molecule has 0 aliphatic carbocycles. The zero-order valence-corrected chi connectivity index (χ0v) is 19.4. The van der Waals surface area contributed by atoms with Gasteiger partial charge in [0.15, 0.2) is 0 Å². The van der Waals surface area contributed by atoms with Crippen LogP contribution in [0.25, 0.3) is 0 Å². The lowest BCUT2D eigenvalue weighted by atomic mass is 9.80. The van der Waals surface area contributed by atoms with Gasteiger partial charge in [-0.15, -0.1) is 0 Å². The van der Waals surface area contributed by atoms with E-state index in [0.717, 1.165) is 67.9 Å². The number of carbonyl (C=O) groups excluding carboxylic acids is 1. The van der Waals surface area contributed by atoms with E-state index in [-0.39, 0.29) is 12.1 Å². The molecule has 2 aliphatic rings. The number of aliphatic carboxylic acids is 1. The standard InChI is InChI=1S/C21H33N3O2.C2HF3O2/c1-15(2)26-20-7-6-19(13-16(20)3)23-21(25)24-11-8-17(9-12-24)18-5-4-10-22-14-18;3-2(4,5)1(6)7/h6-7,13,15,17-18,22H,4-5,8-12,14H2,1-3H3,(H,23,25);(H,6,7). The fourth-order valence-corrected chi connectivity index (χ4v) is 4.17. The molecule has 3 rings (SSSR count). The van der Waals surface area contributed by atoms with Crippen molar-refractivity contribution in [3.63, 3.8) is 0 Å². The number of carboxylic acids is 1. The molecule has 10 heteroatoms. The van der Waals surface area contributed by atoms with E-state index in [2.05, 4.69) is 10.6 Å². The molecule has 2 amide bonds. The van der Waals surface area contributed by atoms with Gasteiger partial charge in [-0.05, 0) is 95.1 Å². The number of rotatable bonds is 4. The largest absolute Gasteiger partial charge is 0.491 e. The number of carboxylic acid groups (broad SMARTS) is 1. The number of hydrogen-bond acceptors (Lipinski definition) is 4. The van der Waals surface area contributed by atoms with Crippen molar-refractivity contribution in [1.29, 1.82) is 0 Å². The summed E-state index contributed by atoms with van der Waals surface area (Å²) in [6.45, 7) is 10.1. The molecule has 0 bridgehead atoms. The molecule has 186 valence electrons. The maximum absolute atomic E-state index is 12.6. The number of piperidine rings is 2. The van der Waals surface area contributed by atoms with Crippen molar-refractivity contribution in [1.82, 2.24) is 10.2 Å². The summed E-state index contributed by atoms with van der Waals surface area (Å²) in [7, 11) is 0. The topological polar surface area (TPSA) is 90.9 Å². The number of nitrogens with zero attached hydrogens (tertiary/aromatic N) is 1. The van der Waals surface area contributed by atoms with Crippen LogP contribution in [-0.2, 0) is 4.79 Å². The van der Waals surface area contributed by atoms with Crippen molar-refractivity contribution in [3.05, 3.63) is 23.8 Å². The fraction of sp³-hybridized carbons (Fsp3) is 0.652. The first kappa shape index (κ1) is 26.8. The summed E-state index contributed by atoms with van der Waals surface area (Å²) in [5.41, 5.74) is 1.88. The van der Waals surface area contributed by atoms with Gasteiger partial charge in [0.25, 0.3) is 0 Å². The zero-order valence-electron chi connectivity index (χ0n) is 19.4. The lowest BCUT2D eigenvalue weighted by molar-refractivity contribution is -0.192. The van der Waals surface area contributed by atoms with E-state index in [0.29, 0.717) is 0 Å². The van der Waals surface area contributed by atoms with Gasteiger partial charge in [0.1, 0.15) is 5.75 Å². The van der Waals surface area contributed by atoms with Gasteiger partial charge in [-0.2, -0.15) is 13.2 Å². The molecule has 0 radical (unpaired) electrons. The number of aryl methyl sites for hydroxylation is 1. The number of likely N-dealkylation sites (tertiary alicyclic amines) is 1. The molecule has 2 aliphatic heterocycles. The first-order valence-corrected chi connectivity index (χ1v) is 11.3. The Morgan fingerprint density at radius 1 is 1.18 bits per heavy atom. The molecule has 2 heterocycles. The molecule has 1 aromatic rings. The van der Waals surface area contributed by atoms with Crippen LogP contribution in [0.15, 0.2) is 18.2 Å². The van der Waals surface area contributed by atoms with Gasteiger partial charge in [0, 0.05) is 18.8 Å².